The van der Waals surface area contributed by atoms with Crippen molar-refractivity contribution >= 4 is 16.8 Å². The summed E-state index contributed by atoms with van der Waals surface area (Å²) in [6.45, 7) is 5.53. The van der Waals surface area contributed by atoms with Crippen molar-refractivity contribution in [3.63, 3.8) is 0 Å². The number of ether oxygens (including phenoxy) is 2. The molecule has 2 aromatic carbocycles. The molecular weight excluding hydrogens is 352 g/mol. The van der Waals surface area contributed by atoms with E-state index in [0.29, 0.717) is 26.2 Å². The van der Waals surface area contributed by atoms with E-state index in [-0.39, 0.29) is 5.91 Å². The van der Waals surface area contributed by atoms with Crippen LogP contribution in [0, 0.1) is 13.8 Å². The van der Waals surface area contributed by atoms with Gasteiger partial charge in [-0.25, -0.2) is 0 Å². The van der Waals surface area contributed by atoms with Gasteiger partial charge in [0.15, 0.2) is 0 Å². The van der Waals surface area contributed by atoms with Crippen molar-refractivity contribution in [3.05, 3.63) is 65.9 Å². The second-order valence-corrected chi connectivity index (χ2v) is 6.68. The zero-order chi connectivity index (χ0) is 19.8. The Balaban J connectivity index is 1.34. The number of aryl methyl sites for hydroxylation is 1. The zero-order valence-electron chi connectivity index (χ0n) is 16.4. The van der Waals surface area contributed by atoms with Crippen LogP contribution in [0.25, 0.3) is 10.9 Å². The third-order valence-electron chi connectivity index (χ3n) is 4.64. The maximum absolute atomic E-state index is 12.0. The summed E-state index contributed by atoms with van der Waals surface area (Å²) in [7, 11) is 0. The number of hydrogen-bond acceptors (Lipinski definition) is 4. The molecular formula is C23H26N2O3. The second-order valence-electron chi connectivity index (χ2n) is 6.68. The Hall–Kier alpha value is -3.08. The predicted molar refractivity (Wildman–Crippen MR) is 111 cm³/mol. The number of aromatic nitrogens is 1. The first kappa shape index (κ1) is 19.7. The Bertz CT molecular complexity index is 935. The molecule has 0 aliphatic rings. The van der Waals surface area contributed by atoms with E-state index >= 15 is 0 Å². The molecule has 146 valence electrons. The molecule has 0 spiro atoms. The minimum Gasteiger partial charge on any atom is -0.493 e. The Morgan fingerprint density at radius 2 is 1.71 bits per heavy atom. The molecule has 28 heavy (non-hydrogen) atoms. The maximum Gasteiger partial charge on any atom is 0.223 e. The summed E-state index contributed by atoms with van der Waals surface area (Å²) in [6, 6.07) is 15.7. The molecule has 5 nitrogen and oxygen atoms in total. The van der Waals surface area contributed by atoms with Crippen LogP contribution < -0.4 is 14.8 Å². The molecule has 0 saturated carbocycles. The highest BCUT2D eigenvalue weighted by molar-refractivity contribution is 5.84. The number of amides is 1. The lowest BCUT2D eigenvalue weighted by Crippen LogP contribution is -2.26. The van der Waals surface area contributed by atoms with E-state index in [1.807, 2.05) is 62.4 Å². The molecule has 1 N–H and O–H groups in total. The molecule has 0 radical (unpaired) electrons. The topological polar surface area (TPSA) is 60.5 Å². The minimum atomic E-state index is -0.0165. The third-order valence-corrected chi connectivity index (χ3v) is 4.64. The summed E-state index contributed by atoms with van der Waals surface area (Å²) in [5.41, 5.74) is 3.16. The van der Waals surface area contributed by atoms with Gasteiger partial charge in [-0.2, -0.15) is 0 Å². The standard InChI is InChI=1S/C23H26N2O3/c1-17-7-3-10-20(18(17)2)28-16-12-22(26)24-14-6-15-27-21-11-4-8-19-9-5-13-25-23(19)21/h3-5,7-11,13H,6,12,14-16H2,1-2H3,(H,24,26). The monoisotopic (exact) mass is 378 g/mol. The quantitative estimate of drug-likeness (QED) is 0.567. The van der Waals surface area contributed by atoms with Crippen LogP contribution in [0.15, 0.2) is 54.7 Å². The highest BCUT2D eigenvalue weighted by Gasteiger charge is 2.05. The van der Waals surface area contributed by atoms with Gasteiger partial charge < -0.3 is 14.8 Å². The first-order chi connectivity index (χ1) is 13.6. The van der Waals surface area contributed by atoms with Gasteiger partial charge in [0.1, 0.15) is 17.0 Å². The van der Waals surface area contributed by atoms with Gasteiger partial charge >= 0.3 is 0 Å². The van der Waals surface area contributed by atoms with E-state index in [1.54, 1.807) is 6.20 Å². The van der Waals surface area contributed by atoms with Crippen molar-refractivity contribution in [2.45, 2.75) is 26.7 Å². The molecule has 0 saturated heterocycles. The predicted octanol–water partition coefficient (Wildman–Crippen LogP) is 4.21. The first-order valence-electron chi connectivity index (χ1n) is 9.57. The SMILES string of the molecule is Cc1cccc(OCCC(=O)NCCCOc2cccc3cccnc23)c1C. The number of hydrogen-bond donors (Lipinski definition) is 1. The second kappa shape index (κ2) is 9.74. The molecule has 1 heterocycles. The summed E-state index contributed by atoms with van der Waals surface area (Å²) >= 11 is 0. The number of nitrogens with one attached hydrogen (secondary N) is 1. The lowest BCUT2D eigenvalue weighted by Gasteiger charge is -2.11. The zero-order valence-corrected chi connectivity index (χ0v) is 16.4. The number of rotatable bonds is 9. The molecule has 1 aromatic heterocycles. The summed E-state index contributed by atoms with van der Waals surface area (Å²) in [5, 5.41) is 3.96. The van der Waals surface area contributed by atoms with E-state index in [1.165, 1.54) is 5.56 Å². The van der Waals surface area contributed by atoms with Crippen molar-refractivity contribution in [2.75, 3.05) is 19.8 Å². The van der Waals surface area contributed by atoms with Crippen LogP contribution in [-0.4, -0.2) is 30.6 Å². The van der Waals surface area contributed by atoms with Gasteiger partial charge in [0.25, 0.3) is 0 Å². The number of fused-ring (bicyclic) bond motifs is 1. The lowest BCUT2D eigenvalue weighted by atomic mass is 10.1. The highest BCUT2D eigenvalue weighted by atomic mass is 16.5. The molecule has 0 atom stereocenters. The average Bonchev–Trinajstić information content (AvgIpc) is 2.71. The molecule has 0 unspecified atom stereocenters. The van der Waals surface area contributed by atoms with Crippen molar-refractivity contribution in [1.82, 2.24) is 10.3 Å². The van der Waals surface area contributed by atoms with Gasteiger partial charge in [-0.15, -0.1) is 0 Å². The van der Waals surface area contributed by atoms with Crippen molar-refractivity contribution in [1.29, 1.82) is 0 Å². The number of benzene rings is 2. The number of carbonyl (C=O) groups is 1. The van der Waals surface area contributed by atoms with Crippen LogP contribution in [0.2, 0.25) is 0 Å². The number of para-hydroxylation sites is 1. The van der Waals surface area contributed by atoms with Gasteiger partial charge in [0, 0.05) is 18.1 Å². The number of nitrogens with zero attached hydrogens (tertiary/aromatic N) is 1. The van der Waals surface area contributed by atoms with Gasteiger partial charge in [-0.05, 0) is 49.6 Å². The van der Waals surface area contributed by atoms with E-state index < -0.39 is 0 Å². The Morgan fingerprint density at radius 1 is 0.964 bits per heavy atom. The fourth-order valence-electron chi connectivity index (χ4n) is 2.90. The number of carbonyl (C=O) groups excluding carboxylic acids is 1. The Kier molecular flexibility index (Phi) is 6.84. The van der Waals surface area contributed by atoms with Crippen molar-refractivity contribution in [3.8, 4) is 11.5 Å². The summed E-state index contributed by atoms with van der Waals surface area (Å²) < 4.78 is 11.5. The van der Waals surface area contributed by atoms with Crippen LogP contribution in [0.5, 0.6) is 11.5 Å². The van der Waals surface area contributed by atoms with E-state index in [4.69, 9.17) is 9.47 Å². The molecule has 3 aromatic rings. The van der Waals surface area contributed by atoms with Crippen LogP contribution in [0.4, 0.5) is 0 Å². The minimum absolute atomic E-state index is 0.0165. The summed E-state index contributed by atoms with van der Waals surface area (Å²) in [4.78, 5) is 16.3. The average molecular weight is 378 g/mol. The summed E-state index contributed by atoms with van der Waals surface area (Å²) in [5.74, 6) is 1.59. The van der Waals surface area contributed by atoms with E-state index in [9.17, 15) is 4.79 Å². The largest absolute Gasteiger partial charge is 0.493 e. The van der Waals surface area contributed by atoms with Crippen LogP contribution in [-0.2, 0) is 4.79 Å². The van der Waals surface area contributed by atoms with Gasteiger partial charge in [0.2, 0.25) is 5.91 Å². The van der Waals surface area contributed by atoms with Crippen LogP contribution in [0.1, 0.15) is 24.0 Å². The number of pyridine rings is 1. The highest BCUT2D eigenvalue weighted by Crippen LogP contribution is 2.23. The molecule has 0 fully saturated rings. The smallest absolute Gasteiger partial charge is 0.223 e. The maximum atomic E-state index is 12.0. The fourth-order valence-corrected chi connectivity index (χ4v) is 2.90. The lowest BCUT2D eigenvalue weighted by molar-refractivity contribution is -0.121. The van der Waals surface area contributed by atoms with E-state index in [2.05, 4.69) is 10.3 Å². The van der Waals surface area contributed by atoms with E-state index in [0.717, 1.165) is 34.4 Å². The third kappa shape index (κ3) is 5.22. The van der Waals surface area contributed by atoms with Gasteiger partial charge in [-0.3, -0.25) is 9.78 Å². The molecule has 1 amide bonds. The molecule has 0 aliphatic carbocycles. The first-order valence-corrected chi connectivity index (χ1v) is 9.57. The van der Waals surface area contributed by atoms with Crippen molar-refractivity contribution in [2.24, 2.45) is 0 Å². The van der Waals surface area contributed by atoms with Crippen LogP contribution in [0.3, 0.4) is 0 Å². The van der Waals surface area contributed by atoms with Crippen LogP contribution >= 0.6 is 0 Å². The Labute approximate surface area is 165 Å². The Morgan fingerprint density at radius 3 is 2.61 bits per heavy atom. The molecule has 0 aliphatic heterocycles. The molecule has 0 bridgehead atoms. The molecule has 3 rings (SSSR count). The fraction of sp³-hybridized carbons (Fsp3) is 0.304. The van der Waals surface area contributed by atoms with Gasteiger partial charge in [0.05, 0.1) is 19.6 Å². The van der Waals surface area contributed by atoms with Crippen molar-refractivity contribution < 1.29 is 14.3 Å². The normalized spacial score (nSPS) is 10.6. The molecule has 5 heteroatoms. The summed E-state index contributed by atoms with van der Waals surface area (Å²) in [6.07, 6.45) is 2.82. The van der Waals surface area contributed by atoms with Gasteiger partial charge in [-0.1, -0.05) is 30.3 Å².